The van der Waals surface area contributed by atoms with Crippen molar-refractivity contribution in [2.45, 2.75) is 113 Å². The maximum atomic E-state index is 14.6. The van der Waals surface area contributed by atoms with E-state index in [0.717, 1.165) is 19.3 Å². The fourth-order valence-corrected chi connectivity index (χ4v) is 9.10. The minimum Gasteiger partial charge on any atom is -0.496 e. The molecule has 316 valence electrons. The highest BCUT2D eigenvalue weighted by Gasteiger charge is 2.63. The number of halogens is 3. The number of methoxy groups -OCH3 is 1. The first kappa shape index (κ1) is 41.4. The topological polar surface area (TPSA) is 186 Å². The first-order valence-corrected chi connectivity index (χ1v) is 21.2. The molecule has 0 radical (unpaired) electrons. The monoisotopic (exact) mass is 834 g/mol. The molecular formula is C39H49F3N6O9S. The van der Waals surface area contributed by atoms with Crippen molar-refractivity contribution in [1.29, 1.82) is 0 Å². The third-order valence-electron chi connectivity index (χ3n) is 11.9. The van der Waals surface area contributed by atoms with Gasteiger partial charge in [-0.15, -0.1) is 0 Å². The number of rotatable bonds is 9. The van der Waals surface area contributed by atoms with Gasteiger partial charge < -0.3 is 34.6 Å². The van der Waals surface area contributed by atoms with Crippen LogP contribution in [-0.4, -0.2) is 115 Å². The minimum atomic E-state index is -4.65. The molecule has 0 bridgehead atoms. The smallest absolute Gasteiger partial charge is 0.422 e. The van der Waals surface area contributed by atoms with Gasteiger partial charge in [-0.05, 0) is 70.9 Å². The van der Waals surface area contributed by atoms with Gasteiger partial charge in [-0.1, -0.05) is 25.0 Å². The molecule has 3 aliphatic heterocycles. The second kappa shape index (κ2) is 15.7. The van der Waals surface area contributed by atoms with Crippen LogP contribution < -0.4 is 29.6 Å². The number of nitrogens with zero attached hydrogens (tertiary/aromatic N) is 3. The van der Waals surface area contributed by atoms with Crippen molar-refractivity contribution in [2.75, 3.05) is 33.4 Å². The second-order valence-corrected chi connectivity index (χ2v) is 18.4. The van der Waals surface area contributed by atoms with E-state index in [2.05, 4.69) is 20.3 Å². The van der Waals surface area contributed by atoms with E-state index in [1.807, 2.05) is 12.2 Å². The Morgan fingerprint density at radius 1 is 1.09 bits per heavy atom. The van der Waals surface area contributed by atoms with Crippen LogP contribution in [0.1, 0.15) is 76.7 Å². The number of benzene rings is 1. The predicted molar refractivity (Wildman–Crippen MR) is 204 cm³/mol. The van der Waals surface area contributed by atoms with Crippen LogP contribution in [0.4, 0.5) is 18.0 Å². The summed E-state index contributed by atoms with van der Waals surface area (Å²) in [5, 5.41) is 6.10. The van der Waals surface area contributed by atoms with E-state index >= 15 is 0 Å². The summed E-state index contributed by atoms with van der Waals surface area (Å²) in [4.78, 5) is 63.3. The number of carbonyl (C=O) groups excluding carboxylic acids is 4. The quantitative estimate of drug-likeness (QED) is 0.312. The van der Waals surface area contributed by atoms with Crippen molar-refractivity contribution < 1.29 is 55.0 Å². The highest BCUT2D eigenvalue weighted by atomic mass is 32.2. The van der Waals surface area contributed by atoms with Crippen LogP contribution in [-0.2, 0) is 24.4 Å². The molecule has 5 aliphatic rings. The summed E-state index contributed by atoms with van der Waals surface area (Å²) in [7, 11) is -2.61. The number of likely N-dealkylation sites (tertiary alicyclic amines) is 1. The molecule has 2 aromatic rings. The normalized spacial score (nSPS) is 27.8. The molecule has 1 aromatic carbocycles. The van der Waals surface area contributed by atoms with Gasteiger partial charge in [-0.3, -0.25) is 19.1 Å². The van der Waals surface area contributed by atoms with Crippen LogP contribution in [0.25, 0.3) is 10.9 Å². The molecule has 5 amide bonds. The lowest BCUT2D eigenvalue weighted by Gasteiger charge is -2.34. The Hall–Kier alpha value is -4.81. The zero-order valence-electron chi connectivity index (χ0n) is 32.7. The summed E-state index contributed by atoms with van der Waals surface area (Å²) in [6.45, 7) is 2.54. The summed E-state index contributed by atoms with van der Waals surface area (Å²) >= 11 is 0. The molecule has 0 spiro atoms. The van der Waals surface area contributed by atoms with Crippen molar-refractivity contribution in [3.8, 4) is 17.4 Å². The van der Waals surface area contributed by atoms with Gasteiger partial charge in [-0.25, -0.2) is 18.2 Å². The lowest BCUT2D eigenvalue weighted by molar-refractivity contribution is -0.154. The predicted octanol–water partition coefficient (Wildman–Crippen LogP) is 4.02. The highest BCUT2D eigenvalue weighted by Crippen LogP contribution is 2.48. The molecule has 15 nitrogen and oxygen atoms in total. The van der Waals surface area contributed by atoms with Crippen molar-refractivity contribution in [1.82, 2.24) is 30.1 Å². The lowest BCUT2D eigenvalue weighted by atomic mass is 10.0. The van der Waals surface area contributed by atoms with E-state index in [0.29, 0.717) is 61.9 Å². The molecule has 2 saturated carbocycles. The number of fused-ring (bicyclic) bond motifs is 3. The Labute approximate surface area is 334 Å². The fraction of sp³-hybridized carbons (Fsp3) is 0.615. The molecule has 3 N–H and O–H groups in total. The molecule has 1 aromatic heterocycles. The number of nitrogens with one attached hydrogen (secondary N) is 3. The van der Waals surface area contributed by atoms with E-state index in [4.69, 9.17) is 14.2 Å². The van der Waals surface area contributed by atoms with Crippen molar-refractivity contribution in [3.63, 3.8) is 0 Å². The first-order chi connectivity index (χ1) is 27.4. The van der Waals surface area contributed by atoms with Crippen LogP contribution in [0.15, 0.2) is 30.4 Å². The lowest BCUT2D eigenvalue weighted by Crippen LogP contribution is -2.59. The summed E-state index contributed by atoms with van der Waals surface area (Å²) in [5.74, 6) is -2.51. The molecule has 4 heterocycles. The molecule has 58 heavy (non-hydrogen) atoms. The zero-order valence-corrected chi connectivity index (χ0v) is 33.5. The Bertz CT molecular complexity index is 2110. The highest BCUT2D eigenvalue weighted by molar-refractivity contribution is 7.91. The number of alkyl halides is 3. The fourth-order valence-electron chi connectivity index (χ4n) is 7.79. The zero-order chi connectivity index (χ0) is 41.6. The Morgan fingerprint density at radius 3 is 2.52 bits per heavy atom. The minimum absolute atomic E-state index is 0.0817. The molecule has 5 atom stereocenters. The molecule has 2 saturated heterocycles. The standard InChI is InChI=1S/C39H49F3N6O9S/c1-23-29(55-3)13-12-26-30(19-31(44-32(23)26)56-22-39(40,41)42)57-25-18-28-33(49)45-38(35(51)46-58(53,54)37(2)14-15-37)20-24(38)10-7-5-4-6-8-11-27(34(50)48(28)21-25)43-36(52)47-16-9-17-47/h7,10,12-13,19,24-25,27-28H,4-6,8-9,11,14-18,20-22H2,1-3H3,(H,43,52)(H,45,49)(H,46,51)/b10-7-/t24?,25-,27+,28+,38-/m1/s1. The van der Waals surface area contributed by atoms with Gasteiger partial charge in [0.05, 0.1) is 23.9 Å². The summed E-state index contributed by atoms with van der Waals surface area (Å²) < 4.78 is 84.0. The van der Waals surface area contributed by atoms with Gasteiger partial charge in [0.15, 0.2) is 6.61 Å². The largest absolute Gasteiger partial charge is 0.496 e. The number of ether oxygens (including phenoxy) is 3. The summed E-state index contributed by atoms with van der Waals surface area (Å²) in [6.07, 6.45) is 2.82. The van der Waals surface area contributed by atoms with Crippen molar-refractivity contribution >= 4 is 44.7 Å². The first-order valence-electron chi connectivity index (χ1n) is 19.7. The SMILES string of the molecule is COc1ccc2c(O[C@@H]3C[C@H]4C(=O)N[C@]5(C(=O)NS(=O)(=O)C6(C)CC6)CC5/C=C\CCCCC[C@H](NC(=O)N5CCC5)C(=O)N4C3)cc(OCC(F)(F)F)nc2c1C. The Balaban J connectivity index is 1.22. The molecule has 1 unspecified atom stereocenters. The average Bonchev–Trinajstić information content (AvgIpc) is 4.02. The summed E-state index contributed by atoms with van der Waals surface area (Å²) in [5.41, 5.74) is -0.848. The number of aromatic nitrogens is 1. The second-order valence-electron chi connectivity index (χ2n) is 16.2. The van der Waals surface area contributed by atoms with Gasteiger partial charge in [0, 0.05) is 42.4 Å². The van der Waals surface area contributed by atoms with E-state index < -0.39 is 81.0 Å². The molecular weight excluding hydrogens is 786 g/mol. The van der Waals surface area contributed by atoms with E-state index in [-0.39, 0.29) is 36.5 Å². The number of sulfonamides is 1. The number of amides is 5. The van der Waals surface area contributed by atoms with Gasteiger partial charge in [0.1, 0.15) is 35.2 Å². The number of allylic oxidation sites excluding steroid dienone is 1. The van der Waals surface area contributed by atoms with Crippen LogP contribution in [0.3, 0.4) is 0 Å². The van der Waals surface area contributed by atoms with Crippen LogP contribution in [0.2, 0.25) is 0 Å². The number of hydrogen-bond acceptors (Lipinski definition) is 10. The third-order valence-corrected chi connectivity index (χ3v) is 14.1. The Morgan fingerprint density at radius 2 is 1.84 bits per heavy atom. The van der Waals surface area contributed by atoms with Gasteiger partial charge in [0.2, 0.25) is 27.7 Å². The number of aryl methyl sites for hydroxylation is 1. The van der Waals surface area contributed by atoms with Crippen molar-refractivity contribution in [3.05, 3.63) is 35.9 Å². The number of urea groups is 1. The van der Waals surface area contributed by atoms with Crippen LogP contribution >= 0.6 is 0 Å². The molecule has 7 rings (SSSR count). The maximum absolute atomic E-state index is 14.6. The average molecular weight is 835 g/mol. The molecule has 4 fully saturated rings. The molecule has 19 heteroatoms. The maximum Gasteiger partial charge on any atom is 0.422 e. The number of pyridine rings is 1. The number of hydrogen-bond donors (Lipinski definition) is 3. The Kier molecular flexibility index (Phi) is 11.2. The van der Waals surface area contributed by atoms with E-state index in [1.165, 1.54) is 18.1 Å². The van der Waals surface area contributed by atoms with Gasteiger partial charge in [0.25, 0.3) is 5.91 Å². The van der Waals surface area contributed by atoms with Crippen LogP contribution in [0, 0.1) is 12.8 Å². The van der Waals surface area contributed by atoms with E-state index in [9.17, 15) is 40.8 Å². The van der Waals surface area contributed by atoms with E-state index in [1.54, 1.807) is 30.9 Å². The van der Waals surface area contributed by atoms with Crippen LogP contribution in [0.5, 0.6) is 17.4 Å². The van der Waals surface area contributed by atoms with Crippen molar-refractivity contribution in [2.24, 2.45) is 5.92 Å². The number of carbonyl (C=O) groups is 4. The van der Waals surface area contributed by atoms with Gasteiger partial charge >= 0.3 is 12.2 Å². The third kappa shape index (κ3) is 8.50. The molecule has 2 aliphatic carbocycles. The van der Waals surface area contributed by atoms with Gasteiger partial charge in [-0.2, -0.15) is 13.2 Å². The summed E-state index contributed by atoms with van der Waals surface area (Å²) in [6, 6.07) is 1.85.